The van der Waals surface area contributed by atoms with Crippen LogP contribution in [0.3, 0.4) is 0 Å². The lowest BCUT2D eigenvalue weighted by Gasteiger charge is -2.34. The monoisotopic (exact) mass is 261 g/mol. The van der Waals surface area contributed by atoms with Crippen molar-refractivity contribution in [3.63, 3.8) is 0 Å². The lowest BCUT2D eigenvalue weighted by Crippen LogP contribution is -2.38. The van der Waals surface area contributed by atoms with Gasteiger partial charge in [-0.1, -0.05) is 44.0 Å². The maximum atomic E-state index is 3.92. The van der Waals surface area contributed by atoms with Crippen LogP contribution < -0.4 is 5.32 Å². The molecule has 1 N–H and O–H groups in total. The van der Waals surface area contributed by atoms with Gasteiger partial charge in [0.2, 0.25) is 0 Å². The molecule has 3 atom stereocenters. The summed E-state index contributed by atoms with van der Waals surface area (Å²) in [7, 11) is 0. The van der Waals surface area contributed by atoms with Crippen molar-refractivity contribution in [1.82, 2.24) is 5.32 Å². The highest BCUT2D eigenvalue weighted by Gasteiger charge is 2.25. The van der Waals surface area contributed by atoms with E-state index in [1.165, 1.54) is 42.8 Å². The summed E-state index contributed by atoms with van der Waals surface area (Å²) in [5, 5.41) is 3.92. The number of thioether (sulfide) groups is 1. The molecule has 1 nitrogen and oxygen atoms in total. The Hall–Kier alpha value is -0.470. The fourth-order valence-corrected chi connectivity index (χ4v) is 4.50. The molecule has 0 radical (unpaired) electrons. The summed E-state index contributed by atoms with van der Waals surface area (Å²) in [6.07, 6.45) is 5.56. The Kier molecular flexibility index (Phi) is 3.95. The van der Waals surface area contributed by atoms with Gasteiger partial charge in [-0.2, -0.15) is 11.8 Å². The quantitative estimate of drug-likeness (QED) is 0.858. The number of hydrogen-bond acceptors (Lipinski definition) is 2. The third-order valence-electron chi connectivity index (χ3n) is 4.35. The molecule has 1 aromatic carbocycles. The van der Waals surface area contributed by atoms with Gasteiger partial charge in [0, 0.05) is 23.6 Å². The number of rotatable bonds is 2. The molecule has 3 unspecified atom stereocenters. The molecular formula is C16H23NS. The zero-order valence-corrected chi connectivity index (χ0v) is 12.0. The van der Waals surface area contributed by atoms with Gasteiger partial charge in [-0.25, -0.2) is 0 Å². The molecule has 0 aromatic heterocycles. The summed E-state index contributed by atoms with van der Waals surface area (Å²) >= 11 is 2.07. The molecule has 2 heteroatoms. The molecule has 1 aromatic rings. The molecule has 1 aliphatic heterocycles. The van der Waals surface area contributed by atoms with E-state index < -0.39 is 0 Å². The maximum absolute atomic E-state index is 3.92. The number of nitrogens with one attached hydrogen (secondary N) is 1. The molecule has 1 aliphatic carbocycles. The lowest BCUT2D eigenvalue weighted by molar-refractivity contribution is 0.286. The van der Waals surface area contributed by atoms with E-state index in [2.05, 4.69) is 48.3 Å². The zero-order valence-electron chi connectivity index (χ0n) is 11.2. The van der Waals surface area contributed by atoms with E-state index >= 15 is 0 Å². The van der Waals surface area contributed by atoms with E-state index in [1.54, 1.807) is 5.56 Å². The molecule has 0 saturated heterocycles. The fourth-order valence-electron chi connectivity index (χ4n) is 3.39. The summed E-state index contributed by atoms with van der Waals surface area (Å²) in [6.45, 7) is 2.40. The van der Waals surface area contributed by atoms with E-state index in [0.29, 0.717) is 6.04 Å². The van der Waals surface area contributed by atoms with Gasteiger partial charge >= 0.3 is 0 Å². The van der Waals surface area contributed by atoms with Crippen molar-refractivity contribution in [2.75, 3.05) is 5.75 Å². The van der Waals surface area contributed by atoms with Crippen LogP contribution in [-0.4, -0.2) is 11.8 Å². The molecule has 0 amide bonds. The second-order valence-corrected chi connectivity index (χ2v) is 6.93. The van der Waals surface area contributed by atoms with Crippen LogP contribution in [0.5, 0.6) is 0 Å². The Morgan fingerprint density at radius 3 is 3.00 bits per heavy atom. The topological polar surface area (TPSA) is 12.0 Å². The molecule has 3 rings (SSSR count). The number of hydrogen-bond donors (Lipinski definition) is 1. The van der Waals surface area contributed by atoms with Crippen molar-refractivity contribution < 1.29 is 0 Å². The summed E-state index contributed by atoms with van der Waals surface area (Å²) in [5.41, 5.74) is 3.09. The summed E-state index contributed by atoms with van der Waals surface area (Å²) < 4.78 is 0. The Morgan fingerprint density at radius 2 is 2.11 bits per heavy atom. The van der Waals surface area contributed by atoms with Gasteiger partial charge in [0.15, 0.2) is 0 Å². The highest BCUT2D eigenvalue weighted by atomic mass is 32.2. The molecule has 1 fully saturated rings. The second kappa shape index (κ2) is 5.66. The van der Waals surface area contributed by atoms with Crippen LogP contribution >= 0.6 is 11.8 Å². The van der Waals surface area contributed by atoms with Gasteiger partial charge in [-0.3, -0.25) is 0 Å². The summed E-state index contributed by atoms with van der Waals surface area (Å²) in [4.78, 5) is 0. The Labute approximate surface area is 115 Å². The normalized spacial score (nSPS) is 31.9. The Bertz CT molecular complexity index is 404. The minimum absolute atomic E-state index is 0.579. The largest absolute Gasteiger partial charge is 0.306 e. The standard InChI is InChI=1S/C16H23NS/c1-12-5-4-7-14(9-12)17-16-11-18-10-13-6-2-3-8-15(13)16/h2-3,6,8,12,14,16-17H,4-5,7,9-11H2,1H3. The van der Waals surface area contributed by atoms with Gasteiger partial charge in [0.25, 0.3) is 0 Å². The first kappa shape index (κ1) is 12.6. The highest BCUT2D eigenvalue weighted by Crippen LogP contribution is 2.33. The first-order valence-corrected chi connectivity index (χ1v) is 8.40. The molecule has 0 bridgehead atoms. The van der Waals surface area contributed by atoms with Crippen LogP contribution in [0.1, 0.15) is 49.8 Å². The minimum Gasteiger partial charge on any atom is -0.306 e. The predicted octanol–water partition coefficient (Wildman–Crippen LogP) is 4.14. The van der Waals surface area contributed by atoms with Gasteiger partial charge < -0.3 is 5.32 Å². The van der Waals surface area contributed by atoms with E-state index in [0.717, 1.165) is 12.0 Å². The molecule has 98 valence electrons. The van der Waals surface area contributed by atoms with Crippen molar-refractivity contribution in [3.8, 4) is 0 Å². The van der Waals surface area contributed by atoms with Crippen LogP contribution in [0.4, 0.5) is 0 Å². The predicted molar refractivity (Wildman–Crippen MR) is 79.9 cm³/mol. The molecule has 0 spiro atoms. The average molecular weight is 261 g/mol. The molecule has 1 saturated carbocycles. The van der Waals surface area contributed by atoms with Crippen LogP contribution in [0.15, 0.2) is 24.3 Å². The minimum atomic E-state index is 0.579. The number of benzene rings is 1. The first-order chi connectivity index (χ1) is 8.83. The van der Waals surface area contributed by atoms with E-state index in [4.69, 9.17) is 0 Å². The van der Waals surface area contributed by atoms with Gasteiger partial charge in [0.1, 0.15) is 0 Å². The fraction of sp³-hybridized carbons (Fsp3) is 0.625. The first-order valence-electron chi connectivity index (χ1n) is 7.24. The van der Waals surface area contributed by atoms with Gasteiger partial charge in [-0.15, -0.1) is 0 Å². The SMILES string of the molecule is CC1CCCC(NC2CSCc3ccccc32)C1. The van der Waals surface area contributed by atoms with Crippen LogP contribution in [0.2, 0.25) is 0 Å². The van der Waals surface area contributed by atoms with Crippen molar-refractivity contribution in [2.45, 2.75) is 50.4 Å². The Morgan fingerprint density at radius 1 is 1.22 bits per heavy atom. The Balaban J connectivity index is 1.70. The number of fused-ring (bicyclic) bond motifs is 1. The van der Waals surface area contributed by atoms with Gasteiger partial charge in [0.05, 0.1) is 0 Å². The van der Waals surface area contributed by atoms with Crippen molar-refractivity contribution in [2.24, 2.45) is 5.92 Å². The molecule has 18 heavy (non-hydrogen) atoms. The van der Waals surface area contributed by atoms with Crippen LogP contribution in [0, 0.1) is 5.92 Å². The van der Waals surface area contributed by atoms with E-state index in [-0.39, 0.29) is 0 Å². The van der Waals surface area contributed by atoms with Crippen LogP contribution in [-0.2, 0) is 5.75 Å². The molecular weight excluding hydrogens is 238 g/mol. The molecule has 2 aliphatic rings. The lowest BCUT2D eigenvalue weighted by atomic mass is 9.86. The third kappa shape index (κ3) is 2.75. The van der Waals surface area contributed by atoms with E-state index in [1.807, 2.05) is 0 Å². The van der Waals surface area contributed by atoms with Crippen molar-refractivity contribution in [1.29, 1.82) is 0 Å². The molecule has 1 heterocycles. The van der Waals surface area contributed by atoms with Crippen molar-refractivity contribution in [3.05, 3.63) is 35.4 Å². The zero-order chi connectivity index (χ0) is 12.4. The van der Waals surface area contributed by atoms with Crippen LogP contribution in [0.25, 0.3) is 0 Å². The smallest absolute Gasteiger partial charge is 0.0417 e. The summed E-state index contributed by atoms with van der Waals surface area (Å²) in [5.74, 6) is 3.33. The van der Waals surface area contributed by atoms with Crippen molar-refractivity contribution >= 4 is 11.8 Å². The highest BCUT2D eigenvalue weighted by molar-refractivity contribution is 7.98. The average Bonchev–Trinajstić information content (AvgIpc) is 2.39. The second-order valence-electron chi connectivity index (χ2n) is 5.90. The summed E-state index contributed by atoms with van der Waals surface area (Å²) in [6, 6.07) is 10.3. The third-order valence-corrected chi connectivity index (χ3v) is 5.43. The van der Waals surface area contributed by atoms with E-state index in [9.17, 15) is 0 Å². The maximum Gasteiger partial charge on any atom is 0.0417 e. The van der Waals surface area contributed by atoms with Gasteiger partial charge in [-0.05, 0) is 29.9 Å².